The van der Waals surface area contributed by atoms with Gasteiger partial charge >= 0.3 is 10.1 Å². The number of methoxy groups -OCH3 is 1. The summed E-state index contributed by atoms with van der Waals surface area (Å²) in [7, 11) is -2.95. The highest BCUT2D eigenvalue weighted by Gasteiger charge is 2.23. The van der Waals surface area contributed by atoms with Gasteiger partial charge in [-0.15, -0.1) is 0 Å². The van der Waals surface area contributed by atoms with Crippen LogP contribution in [0.2, 0.25) is 0 Å². The molecule has 1 amide bonds. The third-order valence-corrected chi connectivity index (χ3v) is 7.23. The lowest BCUT2D eigenvalue weighted by atomic mass is 10.0. The van der Waals surface area contributed by atoms with E-state index in [1.54, 1.807) is 18.2 Å². The van der Waals surface area contributed by atoms with E-state index < -0.39 is 15.0 Å². The summed E-state index contributed by atoms with van der Waals surface area (Å²) < 4.78 is 36.5. The second-order valence-electron chi connectivity index (χ2n) is 7.55. The van der Waals surface area contributed by atoms with E-state index in [0.717, 1.165) is 35.0 Å². The van der Waals surface area contributed by atoms with Gasteiger partial charge in [0.2, 0.25) is 0 Å². The van der Waals surface area contributed by atoms with Crippen LogP contribution in [0.25, 0.3) is 10.8 Å². The number of nitrogens with one attached hydrogen (secondary N) is 1. The van der Waals surface area contributed by atoms with E-state index in [9.17, 15) is 23.3 Å². The number of rotatable bonds is 8. The number of nitrogens with zero attached hydrogens (tertiary/aromatic N) is 2. The van der Waals surface area contributed by atoms with Crippen molar-refractivity contribution in [2.24, 2.45) is 5.10 Å². The minimum Gasteiger partial charge on any atom is -0.493 e. The van der Waals surface area contributed by atoms with Crippen LogP contribution >= 0.6 is 22.6 Å². The number of hydrazone groups is 1. The van der Waals surface area contributed by atoms with Crippen molar-refractivity contribution >= 4 is 61.3 Å². The summed E-state index contributed by atoms with van der Waals surface area (Å²) in [5, 5.41) is 16.6. The van der Waals surface area contributed by atoms with E-state index in [-0.39, 0.29) is 28.0 Å². The Balaban J connectivity index is 1.53. The number of non-ortho nitro benzene ring substituents is 1. The summed E-state index contributed by atoms with van der Waals surface area (Å²) in [6, 6.07) is 20.3. The fraction of sp³-hybridized carbons (Fsp3) is 0.0400. The molecule has 0 saturated carbocycles. The van der Waals surface area contributed by atoms with Crippen LogP contribution in [0.15, 0.2) is 88.9 Å². The molecular weight excluding hydrogens is 613 g/mol. The lowest BCUT2D eigenvalue weighted by Crippen LogP contribution is -2.18. The quantitative estimate of drug-likeness (QED) is 0.0961. The first-order valence-electron chi connectivity index (χ1n) is 10.6. The molecule has 0 unspecified atom stereocenters. The molecule has 188 valence electrons. The lowest BCUT2D eigenvalue weighted by Gasteiger charge is -2.13. The number of fused-ring (bicyclic) bond motifs is 1. The monoisotopic (exact) mass is 631 g/mol. The molecule has 0 bridgehead atoms. The number of nitro benzene ring substituents is 1. The Morgan fingerprint density at radius 2 is 1.76 bits per heavy atom. The molecule has 37 heavy (non-hydrogen) atoms. The summed E-state index contributed by atoms with van der Waals surface area (Å²) in [4.78, 5) is 22.6. The third-order valence-electron chi connectivity index (χ3n) is 5.20. The van der Waals surface area contributed by atoms with Crippen LogP contribution in [0.4, 0.5) is 5.69 Å². The van der Waals surface area contributed by atoms with Crippen LogP contribution in [0.1, 0.15) is 15.9 Å². The smallest absolute Gasteiger partial charge is 0.339 e. The van der Waals surface area contributed by atoms with Gasteiger partial charge in [0.25, 0.3) is 11.6 Å². The molecule has 0 aliphatic heterocycles. The van der Waals surface area contributed by atoms with Crippen LogP contribution < -0.4 is 14.3 Å². The number of carbonyl (C=O) groups excluding carboxylic acids is 1. The maximum absolute atomic E-state index is 12.7. The van der Waals surface area contributed by atoms with Crippen molar-refractivity contribution in [3.63, 3.8) is 0 Å². The minimum atomic E-state index is -4.30. The molecule has 4 aromatic rings. The number of nitro groups is 1. The van der Waals surface area contributed by atoms with Crippen LogP contribution in [-0.2, 0) is 10.1 Å². The van der Waals surface area contributed by atoms with Gasteiger partial charge in [0.05, 0.1) is 21.8 Å². The van der Waals surface area contributed by atoms with E-state index in [2.05, 4.69) is 10.5 Å². The standard InChI is InChI=1S/C25H18IN3O7S/c1-35-23-14-16(15-27-28-25(30)21-8-4-6-17-5-2-3-7-20(17)21)13-22(26)24(23)36-37(33,34)19-11-9-18(10-12-19)29(31)32/h2-15H,1H3,(H,28,30)/b27-15-. The predicted octanol–water partition coefficient (Wildman–Crippen LogP) is 4.89. The number of hydrogen-bond acceptors (Lipinski definition) is 8. The van der Waals surface area contributed by atoms with E-state index >= 15 is 0 Å². The molecule has 0 radical (unpaired) electrons. The average molecular weight is 631 g/mol. The Labute approximate surface area is 225 Å². The summed E-state index contributed by atoms with van der Waals surface area (Å²) in [5.41, 5.74) is 3.24. The zero-order valence-electron chi connectivity index (χ0n) is 19.1. The van der Waals surface area contributed by atoms with Gasteiger partial charge in [0, 0.05) is 17.7 Å². The molecule has 0 spiro atoms. The van der Waals surface area contributed by atoms with Crippen molar-refractivity contribution in [3.05, 3.63) is 104 Å². The zero-order valence-corrected chi connectivity index (χ0v) is 22.1. The van der Waals surface area contributed by atoms with E-state index in [0.29, 0.717) is 14.7 Å². The van der Waals surface area contributed by atoms with Crippen LogP contribution in [0.3, 0.4) is 0 Å². The van der Waals surface area contributed by atoms with E-state index in [1.165, 1.54) is 19.4 Å². The van der Waals surface area contributed by atoms with Gasteiger partial charge in [-0.1, -0.05) is 36.4 Å². The van der Waals surface area contributed by atoms with E-state index in [1.807, 2.05) is 52.9 Å². The lowest BCUT2D eigenvalue weighted by molar-refractivity contribution is -0.384. The number of ether oxygens (including phenoxy) is 1. The molecule has 4 rings (SSSR count). The molecule has 0 saturated heterocycles. The molecule has 0 aromatic heterocycles. The molecule has 4 aromatic carbocycles. The predicted molar refractivity (Wildman–Crippen MR) is 146 cm³/mol. The molecule has 0 heterocycles. The highest BCUT2D eigenvalue weighted by molar-refractivity contribution is 14.1. The number of hydrogen-bond donors (Lipinski definition) is 1. The first-order chi connectivity index (χ1) is 17.7. The summed E-state index contributed by atoms with van der Waals surface area (Å²) in [6.07, 6.45) is 1.39. The summed E-state index contributed by atoms with van der Waals surface area (Å²) in [5.74, 6) is -0.332. The number of amides is 1. The third kappa shape index (κ3) is 5.86. The average Bonchev–Trinajstić information content (AvgIpc) is 2.89. The zero-order chi connectivity index (χ0) is 26.6. The minimum absolute atomic E-state index is 0.0570. The van der Waals surface area contributed by atoms with Crippen molar-refractivity contribution < 1.29 is 27.1 Å². The molecule has 0 atom stereocenters. The first-order valence-corrected chi connectivity index (χ1v) is 13.1. The number of halogens is 1. The SMILES string of the molecule is COc1cc(/C=N\NC(=O)c2cccc3ccccc23)cc(I)c1OS(=O)(=O)c1ccc([N+](=O)[O-])cc1. The Morgan fingerprint density at radius 1 is 1.05 bits per heavy atom. The van der Waals surface area contributed by atoms with Crippen LogP contribution in [0.5, 0.6) is 11.5 Å². The molecule has 12 heteroatoms. The van der Waals surface area contributed by atoms with Gasteiger partial charge in [-0.05, 0) is 69.3 Å². The topological polar surface area (TPSA) is 137 Å². The van der Waals surface area contributed by atoms with Crippen molar-refractivity contribution in [2.75, 3.05) is 7.11 Å². The number of benzene rings is 4. The highest BCUT2D eigenvalue weighted by Crippen LogP contribution is 2.36. The molecule has 0 aliphatic rings. The van der Waals surface area contributed by atoms with Crippen LogP contribution in [0, 0.1) is 13.7 Å². The van der Waals surface area contributed by atoms with Gasteiger partial charge in [-0.25, -0.2) is 5.43 Å². The Bertz CT molecular complexity index is 1630. The van der Waals surface area contributed by atoms with Gasteiger partial charge in [0.1, 0.15) is 4.90 Å². The molecule has 10 nitrogen and oxygen atoms in total. The fourth-order valence-electron chi connectivity index (χ4n) is 3.44. The normalized spacial score (nSPS) is 11.4. The largest absolute Gasteiger partial charge is 0.493 e. The van der Waals surface area contributed by atoms with E-state index in [4.69, 9.17) is 8.92 Å². The second kappa shape index (κ2) is 10.9. The fourth-order valence-corrected chi connectivity index (χ4v) is 5.28. The summed E-state index contributed by atoms with van der Waals surface area (Å²) in [6.45, 7) is 0. The first kappa shape index (κ1) is 26.0. The Kier molecular flexibility index (Phi) is 7.69. The maximum atomic E-state index is 12.7. The van der Waals surface area contributed by atoms with Crippen molar-refractivity contribution in [1.82, 2.24) is 5.43 Å². The van der Waals surface area contributed by atoms with Crippen molar-refractivity contribution in [2.45, 2.75) is 4.90 Å². The molecule has 1 N–H and O–H groups in total. The highest BCUT2D eigenvalue weighted by atomic mass is 127. The van der Waals surface area contributed by atoms with Gasteiger partial charge < -0.3 is 8.92 Å². The Hall–Kier alpha value is -4.04. The molecule has 0 aliphatic carbocycles. The second-order valence-corrected chi connectivity index (χ2v) is 10.3. The summed E-state index contributed by atoms with van der Waals surface area (Å²) >= 11 is 1.88. The Morgan fingerprint density at radius 3 is 2.46 bits per heavy atom. The number of carbonyl (C=O) groups is 1. The maximum Gasteiger partial charge on any atom is 0.339 e. The molecule has 0 fully saturated rings. The van der Waals surface area contributed by atoms with Gasteiger partial charge in [0.15, 0.2) is 11.5 Å². The van der Waals surface area contributed by atoms with Crippen molar-refractivity contribution in [3.8, 4) is 11.5 Å². The molecular formula is C25H18IN3O7S. The van der Waals surface area contributed by atoms with Crippen LogP contribution in [-0.4, -0.2) is 32.6 Å². The van der Waals surface area contributed by atoms with Gasteiger partial charge in [-0.2, -0.15) is 13.5 Å². The van der Waals surface area contributed by atoms with Gasteiger partial charge in [-0.3, -0.25) is 14.9 Å². The van der Waals surface area contributed by atoms with Crippen molar-refractivity contribution in [1.29, 1.82) is 0 Å².